The second-order valence-corrected chi connectivity index (χ2v) is 6.56. The number of thioether (sulfide) groups is 1. The molecule has 2 aromatic rings. The van der Waals surface area contributed by atoms with Gasteiger partial charge in [0.2, 0.25) is 0 Å². The zero-order valence-electron chi connectivity index (χ0n) is 11.8. The normalized spacial score (nSPS) is 18.3. The van der Waals surface area contributed by atoms with Crippen LogP contribution < -0.4 is 4.74 Å². The van der Waals surface area contributed by atoms with Crippen molar-refractivity contribution in [3.63, 3.8) is 0 Å². The fraction of sp³-hybridized carbons (Fsp3) is 0.294. The lowest BCUT2D eigenvalue weighted by molar-refractivity contribution is 0.191. The van der Waals surface area contributed by atoms with Gasteiger partial charge >= 0.3 is 0 Å². The van der Waals surface area contributed by atoms with Gasteiger partial charge in [0.25, 0.3) is 0 Å². The molecule has 1 N–H and O–H groups in total. The Hall–Kier alpha value is -1.52. The monoisotopic (exact) mass is 304 g/mol. The van der Waals surface area contributed by atoms with Crippen molar-refractivity contribution in [2.75, 3.05) is 6.61 Å². The fourth-order valence-electron chi connectivity index (χ4n) is 2.51. The Morgan fingerprint density at radius 1 is 1.33 bits per heavy atom. The van der Waals surface area contributed by atoms with Crippen LogP contribution in [0.5, 0.6) is 5.75 Å². The van der Waals surface area contributed by atoms with Gasteiger partial charge in [-0.3, -0.25) is 0 Å². The molecule has 0 amide bonds. The SMILES string of the molecule is C[C@H](O)c1ccc(F)cc1OCC1Cc2ccccc2S1. The molecule has 3 rings (SSSR count). The van der Waals surface area contributed by atoms with Crippen molar-refractivity contribution < 1.29 is 14.2 Å². The molecule has 0 bridgehead atoms. The Kier molecular flexibility index (Phi) is 4.17. The van der Waals surface area contributed by atoms with E-state index in [1.807, 2.05) is 12.1 Å². The molecule has 0 aromatic heterocycles. The molecule has 21 heavy (non-hydrogen) atoms. The van der Waals surface area contributed by atoms with E-state index in [1.54, 1.807) is 24.8 Å². The Morgan fingerprint density at radius 2 is 2.14 bits per heavy atom. The first-order chi connectivity index (χ1) is 10.1. The number of halogens is 1. The van der Waals surface area contributed by atoms with Crippen molar-refractivity contribution in [2.45, 2.75) is 29.6 Å². The average Bonchev–Trinajstić information content (AvgIpc) is 2.87. The van der Waals surface area contributed by atoms with Crippen LogP contribution in [-0.2, 0) is 6.42 Å². The lowest BCUT2D eigenvalue weighted by atomic mass is 10.1. The first-order valence-corrected chi connectivity index (χ1v) is 7.86. The Balaban J connectivity index is 1.68. The molecule has 4 heteroatoms. The van der Waals surface area contributed by atoms with Crippen molar-refractivity contribution in [3.05, 3.63) is 59.4 Å². The second kappa shape index (κ2) is 6.08. The average molecular weight is 304 g/mol. The molecule has 1 aliphatic rings. The van der Waals surface area contributed by atoms with Gasteiger partial charge in [-0.2, -0.15) is 0 Å². The number of aliphatic hydroxyl groups is 1. The molecule has 0 saturated carbocycles. The summed E-state index contributed by atoms with van der Waals surface area (Å²) in [5, 5.41) is 10.0. The highest BCUT2D eigenvalue weighted by Gasteiger charge is 2.23. The maximum atomic E-state index is 13.4. The van der Waals surface area contributed by atoms with E-state index in [0.717, 1.165) is 6.42 Å². The number of fused-ring (bicyclic) bond motifs is 1. The van der Waals surface area contributed by atoms with E-state index in [4.69, 9.17) is 4.74 Å². The van der Waals surface area contributed by atoms with E-state index in [2.05, 4.69) is 12.1 Å². The highest BCUT2D eigenvalue weighted by Crippen LogP contribution is 2.37. The maximum absolute atomic E-state index is 13.4. The van der Waals surface area contributed by atoms with E-state index in [1.165, 1.54) is 22.6 Å². The fourth-order valence-corrected chi connectivity index (χ4v) is 3.73. The molecule has 2 nitrogen and oxygen atoms in total. The van der Waals surface area contributed by atoms with E-state index >= 15 is 0 Å². The molecule has 2 atom stereocenters. The van der Waals surface area contributed by atoms with Gasteiger partial charge in [0.05, 0.1) is 6.10 Å². The molecule has 0 saturated heterocycles. The van der Waals surface area contributed by atoms with Gasteiger partial charge in [-0.05, 0) is 37.1 Å². The first-order valence-electron chi connectivity index (χ1n) is 6.98. The van der Waals surface area contributed by atoms with Gasteiger partial charge in [0, 0.05) is 21.8 Å². The van der Waals surface area contributed by atoms with Gasteiger partial charge in [-0.15, -0.1) is 11.8 Å². The smallest absolute Gasteiger partial charge is 0.128 e. The summed E-state index contributed by atoms with van der Waals surface area (Å²) in [6.45, 7) is 2.16. The molecular formula is C17H17FO2S. The Morgan fingerprint density at radius 3 is 2.90 bits per heavy atom. The number of rotatable bonds is 4. The Labute approximate surface area is 128 Å². The highest BCUT2D eigenvalue weighted by molar-refractivity contribution is 8.00. The minimum Gasteiger partial charge on any atom is -0.492 e. The van der Waals surface area contributed by atoms with Crippen LogP contribution in [0.15, 0.2) is 47.4 Å². The van der Waals surface area contributed by atoms with Crippen LogP contribution in [0, 0.1) is 5.82 Å². The van der Waals surface area contributed by atoms with E-state index < -0.39 is 6.10 Å². The van der Waals surface area contributed by atoms with Gasteiger partial charge in [-0.25, -0.2) is 4.39 Å². The summed E-state index contributed by atoms with van der Waals surface area (Å²) in [7, 11) is 0. The standard InChI is InChI=1S/C17H17FO2S/c1-11(19)15-7-6-13(18)9-16(15)20-10-14-8-12-4-2-3-5-17(12)21-14/h2-7,9,11,14,19H,8,10H2,1H3/t11-,14?/m0/s1. The number of benzene rings is 2. The lowest BCUT2D eigenvalue weighted by Crippen LogP contribution is -2.14. The maximum Gasteiger partial charge on any atom is 0.128 e. The van der Waals surface area contributed by atoms with Gasteiger partial charge in [0.15, 0.2) is 0 Å². The van der Waals surface area contributed by atoms with Crippen LogP contribution in [0.2, 0.25) is 0 Å². The highest BCUT2D eigenvalue weighted by atomic mass is 32.2. The number of hydrogen-bond donors (Lipinski definition) is 1. The van der Waals surface area contributed by atoms with Gasteiger partial charge in [0.1, 0.15) is 18.2 Å². The molecule has 0 fully saturated rings. The van der Waals surface area contributed by atoms with Crippen LogP contribution in [0.25, 0.3) is 0 Å². The van der Waals surface area contributed by atoms with E-state index in [-0.39, 0.29) is 5.82 Å². The zero-order valence-corrected chi connectivity index (χ0v) is 12.6. The van der Waals surface area contributed by atoms with Crippen molar-refractivity contribution in [1.82, 2.24) is 0 Å². The first kappa shape index (κ1) is 14.4. The van der Waals surface area contributed by atoms with Crippen molar-refractivity contribution in [2.24, 2.45) is 0 Å². The largest absolute Gasteiger partial charge is 0.492 e. The third-order valence-corrected chi connectivity index (χ3v) is 4.85. The number of aliphatic hydroxyl groups excluding tert-OH is 1. The second-order valence-electron chi connectivity index (χ2n) is 5.22. The van der Waals surface area contributed by atoms with Crippen molar-refractivity contribution in [3.8, 4) is 5.75 Å². The zero-order chi connectivity index (χ0) is 14.8. The minimum atomic E-state index is -0.672. The molecule has 1 aliphatic heterocycles. The lowest BCUT2D eigenvalue weighted by Gasteiger charge is -2.16. The summed E-state index contributed by atoms with van der Waals surface area (Å²) >= 11 is 1.79. The van der Waals surface area contributed by atoms with Crippen LogP contribution in [0.1, 0.15) is 24.2 Å². The third-order valence-electron chi connectivity index (χ3n) is 3.56. The molecule has 2 aromatic carbocycles. The number of ether oxygens (including phenoxy) is 1. The summed E-state index contributed by atoms with van der Waals surface area (Å²) in [4.78, 5) is 1.29. The van der Waals surface area contributed by atoms with Crippen LogP contribution >= 0.6 is 11.8 Å². The predicted molar refractivity (Wildman–Crippen MR) is 82.3 cm³/mol. The van der Waals surface area contributed by atoms with E-state index in [9.17, 15) is 9.50 Å². The third kappa shape index (κ3) is 3.22. The van der Waals surface area contributed by atoms with Gasteiger partial charge in [-0.1, -0.05) is 18.2 Å². The van der Waals surface area contributed by atoms with Crippen LogP contribution in [-0.4, -0.2) is 17.0 Å². The summed E-state index contributed by atoms with van der Waals surface area (Å²) in [6.07, 6.45) is 0.286. The minimum absolute atomic E-state index is 0.326. The molecule has 110 valence electrons. The molecule has 0 aliphatic carbocycles. The van der Waals surface area contributed by atoms with Crippen LogP contribution in [0.4, 0.5) is 4.39 Å². The summed E-state index contributed by atoms with van der Waals surface area (Å²) in [5.74, 6) is 0.0818. The van der Waals surface area contributed by atoms with Gasteiger partial charge < -0.3 is 9.84 Å². The quantitative estimate of drug-likeness (QED) is 0.926. The summed E-state index contributed by atoms with van der Waals surface area (Å²) < 4.78 is 19.1. The molecule has 0 radical (unpaired) electrons. The Bertz CT molecular complexity index is 617. The summed E-state index contributed by atoms with van der Waals surface area (Å²) in [5.41, 5.74) is 1.96. The molecule has 1 heterocycles. The van der Waals surface area contributed by atoms with Crippen molar-refractivity contribution in [1.29, 1.82) is 0 Å². The van der Waals surface area contributed by atoms with Crippen LogP contribution in [0.3, 0.4) is 0 Å². The molecule has 1 unspecified atom stereocenters. The number of hydrogen-bond acceptors (Lipinski definition) is 3. The predicted octanol–water partition coefficient (Wildman–Crippen LogP) is 3.97. The van der Waals surface area contributed by atoms with Crippen molar-refractivity contribution >= 4 is 11.8 Å². The topological polar surface area (TPSA) is 29.5 Å². The molecule has 0 spiro atoms. The van der Waals surface area contributed by atoms with E-state index in [0.29, 0.717) is 23.2 Å². The summed E-state index contributed by atoms with van der Waals surface area (Å²) in [6, 6.07) is 12.6. The molecular weight excluding hydrogens is 287 g/mol.